The zero-order chi connectivity index (χ0) is 19.4. The van der Waals surface area contributed by atoms with E-state index in [0.29, 0.717) is 12.5 Å². The van der Waals surface area contributed by atoms with Crippen molar-refractivity contribution in [2.75, 3.05) is 40.3 Å². The van der Waals surface area contributed by atoms with E-state index in [1.807, 2.05) is 31.2 Å². The first kappa shape index (κ1) is 19.8. The number of nitrogens with zero attached hydrogens (tertiary/aromatic N) is 2. The third kappa shape index (κ3) is 4.68. The second-order valence-corrected chi connectivity index (χ2v) is 7.86. The second-order valence-electron chi connectivity index (χ2n) is 7.86. The van der Waals surface area contributed by atoms with Gasteiger partial charge in [0.25, 0.3) is 5.91 Å². The molecule has 2 amide bonds. The van der Waals surface area contributed by atoms with Crippen molar-refractivity contribution in [2.45, 2.75) is 38.3 Å². The molecule has 0 unspecified atom stereocenters. The molecule has 0 spiro atoms. The molecule has 27 heavy (non-hydrogen) atoms. The van der Waals surface area contributed by atoms with Gasteiger partial charge in [-0.2, -0.15) is 0 Å². The predicted octanol–water partition coefficient (Wildman–Crippen LogP) is 1.74. The van der Waals surface area contributed by atoms with Gasteiger partial charge in [-0.15, -0.1) is 0 Å². The van der Waals surface area contributed by atoms with Crippen LogP contribution in [0.4, 0.5) is 0 Å². The minimum atomic E-state index is -0.675. The lowest BCUT2D eigenvalue weighted by Gasteiger charge is -2.39. The average molecular weight is 373 g/mol. The number of aryl methyl sites for hydroxylation is 1. The Bertz CT molecular complexity index is 670. The summed E-state index contributed by atoms with van der Waals surface area (Å²) in [5.74, 6) is 0.444. The van der Waals surface area contributed by atoms with Crippen LogP contribution in [0.5, 0.6) is 0 Å². The lowest BCUT2D eigenvalue weighted by Crippen LogP contribution is -2.53. The quantitative estimate of drug-likeness (QED) is 0.854. The number of nitrogens with one attached hydrogen (secondary N) is 1. The summed E-state index contributed by atoms with van der Waals surface area (Å²) >= 11 is 0. The van der Waals surface area contributed by atoms with E-state index in [2.05, 4.69) is 17.3 Å². The fourth-order valence-electron chi connectivity index (χ4n) is 4.07. The van der Waals surface area contributed by atoms with Gasteiger partial charge < -0.3 is 19.9 Å². The SMILES string of the molecule is Cc1ccccc1[C@@H]1[C@@H](C(=O)NCCC2CCN(C)CC2)OCC(=O)N1C. The van der Waals surface area contributed by atoms with Crippen LogP contribution in [0.15, 0.2) is 24.3 Å². The molecule has 0 bridgehead atoms. The second kappa shape index (κ2) is 8.85. The standard InChI is InChI=1S/C21H31N3O3/c1-15-6-4-5-7-17(15)19-20(27-14-18(25)24(19)3)21(26)22-11-8-16-9-12-23(2)13-10-16/h4-7,16,19-20H,8-14H2,1-3H3,(H,22,26)/t19-,20+/m1/s1. The van der Waals surface area contributed by atoms with Gasteiger partial charge in [0.2, 0.25) is 5.91 Å². The molecule has 2 aliphatic heterocycles. The van der Waals surface area contributed by atoms with Crippen LogP contribution >= 0.6 is 0 Å². The van der Waals surface area contributed by atoms with Gasteiger partial charge in [0.1, 0.15) is 6.61 Å². The topological polar surface area (TPSA) is 61.9 Å². The lowest BCUT2D eigenvalue weighted by molar-refractivity contribution is -0.162. The number of morpholine rings is 1. The van der Waals surface area contributed by atoms with Gasteiger partial charge in [0.15, 0.2) is 6.10 Å². The maximum absolute atomic E-state index is 12.9. The molecule has 2 heterocycles. The van der Waals surface area contributed by atoms with E-state index in [-0.39, 0.29) is 18.4 Å². The molecular weight excluding hydrogens is 342 g/mol. The van der Waals surface area contributed by atoms with Crippen LogP contribution in [0.25, 0.3) is 0 Å². The maximum Gasteiger partial charge on any atom is 0.251 e. The molecular formula is C21H31N3O3. The molecule has 2 atom stereocenters. The van der Waals surface area contributed by atoms with E-state index >= 15 is 0 Å². The van der Waals surface area contributed by atoms with Crippen molar-refractivity contribution in [2.24, 2.45) is 5.92 Å². The van der Waals surface area contributed by atoms with Gasteiger partial charge in [0, 0.05) is 13.6 Å². The lowest BCUT2D eigenvalue weighted by atomic mass is 9.93. The fraction of sp³-hybridized carbons (Fsp3) is 0.619. The number of carbonyl (C=O) groups is 2. The zero-order valence-corrected chi connectivity index (χ0v) is 16.6. The van der Waals surface area contributed by atoms with E-state index in [0.717, 1.165) is 30.6 Å². The number of piperidine rings is 1. The molecule has 0 saturated carbocycles. The number of carbonyl (C=O) groups excluding carboxylic acids is 2. The van der Waals surface area contributed by atoms with Crippen molar-refractivity contribution in [1.29, 1.82) is 0 Å². The van der Waals surface area contributed by atoms with E-state index < -0.39 is 12.1 Å². The zero-order valence-electron chi connectivity index (χ0n) is 16.6. The third-order valence-electron chi connectivity index (χ3n) is 5.94. The van der Waals surface area contributed by atoms with Crippen LogP contribution in [-0.2, 0) is 14.3 Å². The minimum absolute atomic E-state index is 0.0497. The molecule has 2 aliphatic rings. The first-order chi connectivity index (χ1) is 13.0. The van der Waals surface area contributed by atoms with Gasteiger partial charge in [-0.1, -0.05) is 24.3 Å². The fourth-order valence-corrected chi connectivity index (χ4v) is 4.07. The Kier molecular flexibility index (Phi) is 6.50. The number of likely N-dealkylation sites (N-methyl/N-ethyl adjacent to an activating group) is 1. The summed E-state index contributed by atoms with van der Waals surface area (Å²) in [6, 6.07) is 7.47. The van der Waals surface area contributed by atoms with Crippen molar-refractivity contribution in [3.8, 4) is 0 Å². The van der Waals surface area contributed by atoms with Crippen LogP contribution in [0.2, 0.25) is 0 Å². The van der Waals surface area contributed by atoms with Gasteiger partial charge in [0.05, 0.1) is 6.04 Å². The van der Waals surface area contributed by atoms with Gasteiger partial charge in [-0.3, -0.25) is 9.59 Å². The number of hydrogen-bond acceptors (Lipinski definition) is 4. The Hall–Kier alpha value is -1.92. The van der Waals surface area contributed by atoms with Crippen molar-refractivity contribution < 1.29 is 14.3 Å². The number of hydrogen-bond donors (Lipinski definition) is 1. The summed E-state index contributed by atoms with van der Waals surface area (Å²) in [5, 5.41) is 3.05. The van der Waals surface area contributed by atoms with Crippen LogP contribution in [0.3, 0.4) is 0 Å². The molecule has 6 heteroatoms. The Morgan fingerprint density at radius 1 is 1.22 bits per heavy atom. The van der Waals surface area contributed by atoms with E-state index in [1.54, 1.807) is 11.9 Å². The third-order valence-corrected chi connectivity index (χ3v) is 5.94. The van der Waals surface area contributed by atoms with Crippen molar-refractivity contribution in [1.82, 2.24) is 15.1 Å². The molecule has 6 nitrogen and oxygen atoms in total. The van der Waals surface area contributed by atoms with Crippen LogP contribution in [-0.4, -0.2) is 68.1 Å². The average Bonchev–Trinajstić information content (AvgIpc) is 2.66. The smallest absolute Gasteiger partial charge is 0.251 e. The number of likely N-dealkylation sites (tertiary alicyclic amines) is 1. The molecule has 148 valence electrons. The molecule has 0 aromatic heterocycles. The highest BCUT2D eigenvalue weighted by atomic mass is 16.5. The first-order valence-electron chi connectivity index (χ1n) is 9.86. The van der Waals surface area contributed by atoms with Gasteiger partial charge in [-0.05, 0) is 63.4 Å². The summed E-state index contributed by atoms with van der Waals surface area (Å²) < 4.78 is 5.69. The van der Waals surface area contributed by atoms with Crippen molar-refractivity contribution >= 4 is 11.8 Å². The van der Waals surface area contributed by atoms with E-state index in [4.69, 9.17) is 4.74 Å². The Morgan fingerprint density at radius 3 is 2.63 bits per heavy atom. The summed E-state index contributed by atoms with van der Waals surface area (Å²) in [7, 11) is 3.91. The summed E-state index contributed by atoms with van der Waals surface area (Å²) in [5.41, 5.74) is 2.01. The van der Waals surface area contributed by atoms with Crippen molar-refractivity contribution in [3.63, 3.8) is 0 Å². The van der Waals surface area contributed by atoms with Gasteiger partial charge in [-0.25, -0.2) is 0 Å². The minimum Gasteiger partial charge on any atom is -0.356 e. The number of benzene rings is 1. The predicted molar refractivity (Wildman–Crippen MR) is 104 cm³/mol. The molecule has 1 N–H and O–H groups in total. The normalized spacial score (nSPS) is 24.9. The molecule has 2 saturated heterocycles. The number of ether oxygens (including phenoxy) is 1. The molecule has 0 radical (unpaired) electrons. The monoisotopic (exact) mass is 373 g/mol. The molecule has 0 aliphatic carbocycles. The summed E-state index contributed by atoms with van der Waals surface area (Å²) in [6.07, 6.45) is 2.70. The summed E-state index contributed by atoms with van der Waals surface area (Å²) in [6.45, 7) is 4.87. The highest BCUT2D eigenvalue weighted by Crippen LogP contribution is 2.31. The molecule has 1 aromatic rings. The molecule has 1 aromatic carbocycles. The van der Waals surface area contributed by atoms with Crippen LogP contribution in [0.1, 0.15) is 36.4 Å². The Labute approximate surface area is 161 Å². The van der Waals surface area contributed by atoms with E-state index in [1.165, 1.54) is 12.8 Å². The van der Waals surface area contributed by atoms with Crippen LogP contribution in [0, 0.1) is 12.8 Å². The molecule has 2 fully saturated rings. The maximum atomic E-state index is 12.9. The molecule has 3 rings (SSSR count). The van der Waals surface area contributed by atoms with Crippen molar-refractivity contribution in [3.05, 3.63) is 35.4 Å². The van der Waals surface area contributed by atoms with Gasteiger partial charge >= 0.3 is 0 Å². The largest absolute Gasteiger partial charge is 0.356 e. The Morgan fingerprint density at radius 2 is 1.93 bits per heavy atom. The van der Waals surface area contributed by atoms with Crippen LogP contribution < -0.4 is 5.32 Å². The van der Waals surface area contributed by atoms with E-state index in [9.17, 15) is 9.59 Å². The Balaban J connectivity index is 1.63. The number of rotatable bonds is 5. The highest BCUT2D eigenvalue weighted by molar-refractivity contribution is 5.86. The number of amides is 2. The summed E-state index contributed by atoms with van der Waals surface area (Å²) in [4.78, 5) is 29.0. The first-order valence-corrected chi connectivity index (χ1v) is 9.86. The highest BCUT2D eigenvalue weighted by Gasteiger charge is 2.40.